The third kappa shape index (κ3) is 2.70. The van der Waals surface area contributed by atoms with Gasteiger partial charge in [-0.2, -0.15) is 0 Å². The van der Waals surface area contributed by atoms with Crippen LogP contribution in [0, 0.1) is 0 Å². The second kappa shape index (κ2) is 7.24. The zero-order valence-electron chi connectivity index (χ0n) is 20.8. The molecule has 0 saturated heterocycles. The Morgan fingerprint density at radius 2 is 1.27 bits per heavy atom. The van der Waals surface area contributed by atoms with E-state index in [-0.39, 0.29) is 5.41 Å². The van der Waals surface area contributed by atoms with E-state index in [9.17, 15) is 0 Å². The summed E-state index contributed by atoms with van der Waals surface area (Å²) < 4.78 is 8.76. The van der Waals surface area contributed by atoms with Gasteiger partial charge >= 0.3 is 0 Å². The maximum atomic E-state index is 6.32. The van der Waals surface area contributed by atoms with Crippen molar-refractivity contribution >= 4 is 32.8 Å². The van der Waals surface area contributed by atoms with Crippen LogP contribution < -0.4 is 0 Å². The number of aromatic nitrogens is 1. The van der Waals surface area contributed by atoms with Crippen molar-refractivity contribution in [3.63, 3.8) is 0 Å². The highest BCUT2D eigenvalue weighted by atomic mass is 16.3. The summed E-state index contributed by atoms with van der Waals surface area (Å²) in [5.41, 5.74) is 12.0. The first-order valence-corrected chi connectivity index (χ1v) is 12.9. The summed E-state index contributed by atoms with van der Waals surface area (Å²) in [5.74, 6) is 0. The van der Waals surface area contributed by atoms with Crippen LogP contribution in [0.1, 0.15) is 25.0 Å². The molecule has 5 aromatic carbocycles. The number of benzene rings is 5. The van der Waals surface area contributed by atoms with Crippen LogP contribution in [0.3, 0.4) is 0 Å². The lowest BCUT2D eigenvalue weighted by Crippen LogP contribution is -2.14. The van der Waals surface area contributed by atoms with Crippen LogP contribution in [-0.2, 0) is 5.41 Å². The molecule has 0 atom stereocenters. The van der Waals surface area contributed by atoms with Crippen molar-refractivity contribution < 1.29 is 4.42 Å². The molecule has 0 radical (unpaired) electrons. The van der Waals surface area contributed by atoms with Gasteiger partial charge in [0.1, 0.15) is 11.2 Å². The molecular formula is C35H25NO. The molecule has 2 aromatic heterocycles. The summed E-state index contributed by atoms with van der Waals surface area (Å²) in [6.45, 7) is 4.71. The average molecular weight is 476 g/mol. The zero-order valence-corrected chi connectivity index (χ0v) is 20.8. The summed E-state index contributed by atoms with van der Waals surface area (Å²) in [5, 5.41) is 3.65. The summed E-state index contributed by atoms with van der Waals surface area (Å²) in [6.07, 6.45) is 0. The molecule has 0 unspecified atom stereocenters. The molecule has 1 aliphatic carbocycles. The van der Waals surface area contributed by atoms with Crippen molar-refractivity contribution in [2.24, 2.45) is 0 Å². The van der Waals surface area contributed by atoms with E-state index in [4.69, 9.17) is 4.42 Å². The first-order chi connectivity index (χ1) is 18.1. The minimum absolute atomic E-state index is 0.0480. The third-order valence-electron chi connectivity index (χ3n) is 8.20. The fourth-order valence-corrected chi connectivity index (χ4v) is 6.53. The van der Waals surface area contributed by atoms with Crippen LogP contribution in [0.4, 0.5) is 0 Å². The van der Waals surface area contributed by atoms with Gasteiger partial charge in [0.25, 0.3) is 0 Å². The molecule has 2 nitrogen and oxygen atoms in total. The highest BCUT2D eigenvalue weighted by molar-refractivity contribution is 6.09. The van der Waals surface area contributed by atoms with E-state index < -0.39 is 0 Å². The van der Waals surface area contributed by atoms with Crippen molar-refractivity contribution in [2.75, 3.05) is 0 Å². The standard InChI is InChI=1S/C35H25NO/c1-35(2)29-15-6-3-11-27(29)33-32(35)28-12-4-7-16-30(28)36(33)23-20-18-22(19-21-23)24-13-9-14-26-25-10-5-8-17-31(25)37-34(24)26/h3-21H,1-2H3. The lowest BCUT2D eigenvalue weighted by atomic mass is 9.81. The molecule has 1 aliphatic rings. The lowest BCUT2D eigenvalue weighted by molar-refractivity contribution is 0.666. The maximum Gasteiger partial charge on any atom is 0.143 e. The number of hydrogen-bond acceptors (Lipinski definition) is 1. The van der Waals surface area contributed by atoms with E-state index in [0.29, 0.717) is 0 Å². The van der Waals surface area contributed by atoms with Gasteiger partial charge in [0.15, 0.2) is 0 Å². The fourth-order valence-electron chi connectivity index (χ4n) is 6.53. The smallest absolute Gasteiger partial charge is 0.143 e. The Labute approximate surface area is 215 Å². The average Bonchev–Trinajstić information content (AvgIpc) is 3.56. The Balaban J connectivity index is 1.34. The lowest BCUT2D eigenvalue weighted by Gasteiger charge is -2.21. The Kier molecular flexibility index (Phi) is 4.03. The Morgan fingerprint density at radius 3 is 2.14 bits per heavy atom. The van der Waals surface area contributed by atoms with Crippen molar-refractivity contribution in [3.8, 4) is 28.1 Å². The molecule has 176 valence electrons. The second-order valence-corrected chi connectivity index (χ2v) is 10.6. The quantitative estimate of drug-likeness (QED) is 0.243. The van der Waals surface area contributed by atoms with E-state index >= 15 is 0 Å². The molecule has 0 fully saturated rings. The first-order valence-electron chi connectivity index (χ1n) is 12.9. The molecule has 2 heterocycles. The van der Waals surface area contributed by atoms with Gasteiger partial charge in [-0.05, 0) is 41.0 Å². The fraction of sp³-hybridized carbons (Fsp3) is 0.0857. The normalized spacial score (nSPS) is 13.9. The van der Waals surface area contributed by atoms with Gasteiger partial charge in [-0.1, -0.05) is 105 Å². The topological polar surface area (TPSA) is 18.1 Å². The molecule has 0 N–H and O–H groups in total. The highest BCUT2D eigenvalue weighted by Crippen LogP contribution is 2.53. The Morgan fingerprint density at radius 1 is 0.595 bits per heavy atom. The predicted octanol–water partition coefficient (Wildman–Crippen LogP) is 9.50. The van der Waals surface area contributed by atoms with Crippen LogP contribution in [0.2, 0.25) is 0 Å². The molecule has 0 amide bonds. The minimum atomic E-state index is -0.0480. The SMILES string of the molecule is CC1(C)c2ccccc2-c2c1c1ccccc1n2-c1ccc(-c2cccc3c2oc2ccccc23)cc1. The number of hydrogen-bond donors (Lipinski definition) is 0. The summed E-state index contributed by atoms with van der Waals surface area (Å²) in [4.78, 5) is 0. The molecular weight excluding hydrogens is 450 g/mol. The molecule has 0 spiro atoms. The van der Waals surface area contributed by atoms with Gasteiger partial charge in [-0.3, -0.25) is 0 Å². The largest absolute Gasteiger partial charge is 0.455 e. The first kappa shape index (κ1) is 20.6. The summed E-state index contributed by atoms with van der Waals surface area (Å²) in [7, 11) is 0. The van der Waals surface area contributed by atoms with Gasteiger partial charge in [0.2, 0.25) is 0 Å². The summed E-state index contributed by atoms with van der Waals surface area (Å²) >= 11 is 0. The third-order valence-corrected chi connectivity index (χ3v) is 8.20. The van der Waals surface area contributed by atoms with Crippen molar-refractivity contribution in [2.45, 2.75) is 19.3 Å². The Hall–Kier alpha value is -4.56. The second-order valence-electron chi connectivity index (χ2n) is 10.6. The highest BCUT2D eigenvalue weighted by Gasteiger charge is 2.40. The van der Waals surface area contributed by atoms with Gasteiger partial charge < -0.3 is 8.98 Å². The van der Waals surface area contributed by atoms with Crippen molar-refractivity contribution in [1.29, 1.82) is 0 Å². The molecule has 0 aliphatic heterocycles. The van der Waals surface area contributed by atoms with E-state index in [1.54, 1.807) is 0 Å². The number of para-hydroxylation sites is 3. The number of furan rings is 1. The predicted molar refractivity (Wildman–Crippen MR) is 154 cm³/mol. The van der Waals surface area contributed by atoms with Crippen LogP contribution in [0.25, 0.3) is 60.9 Å². The van der Waals surface area contributed by atoms with E-state index in [1.807, 2.05) is 12.1 Å². The van der Waals surface area contributed by atoms with E-state index in [0.717, 1.165) is 33.1 Å². The monoisotopic (exact) mass is 475 g/mol. The number of nitrogens with zero attached hydrogens (tertiary/aromatic N) is 1. The van der Waals surface area contributed by atoms with Crippen molar-refractivity contribution in [1.82, 2.24) is 4.57 Å². The molecule has 0 saturated carbocycles. The number of rotatable bonds is 2. The maximum absolute atomic E-state index is 6.32. The molecule has 0 bridgehead atoms. The van der Waals surface area contributed by atoms with Gasteiger partial charge in [-0.15, -0.1) is 0 Å². The van der Waals surface area contributed by atoms with E-state index in [2.05, 4.69) is 122 Å². The van der Waals surface area contributed by atoms with E-state index in [1.165, 1.54) is 39.0 Å². The van der Waals surface area contributed by atoms with Gasteiger partial charge in [-0.25, -0.2) is 0 Å². The van der Waals surface area contributed by atoms with Crippen LogP contribution in [0.15, 0.2) is 120 Å². The zero-order chi connectivity index (χ0) is 24.7. The minimum Gasteiger partial charge on any atom is -0.455 e. The van der Waals surface area contributed by atoms with Crippen LogP contribution in [-0.4, -0.2) is 4.57 Å². The van der Waals surface area contributed by atoms with Gasteiger partial charge in [0.05, 0.1) is 11.2 Å². The molecule has 7 aromatic rings. The van der Waals surface area contributed by atoms with Gasteiger partial charge in [0, 0.05) is 38.4 Å². The van der Waals surface area contributed by atoms with Crippen LogP contribution in [0.5, 0.6) is 0 Å². The molecule has 37 heavy (non-hydrogen) atoms. The Bertz CT molecular complexity index is 2000. The van der Waals surface area contributed by atoms with Crippen LogP contribution >= 0.6 is 0 Å². The van der Waals surface area contributed by atoms with Crippen molar-refractivity contribution in [3.05, 3.63) is 126 Å². The molecule has 8 rings (SSSR count). The number of fused-ring (bicyclic) bond motifs is 8. The molecule has 2 heteroatoms. The summed E-state index contributed by atoms with van der Waals surface area (Å²) in [6, 6.07) is 41.3.